The lowest BCUT2D eigenvalue weighted by atomic mass is 9.99. The number of benzene rings is 3. The van der Waals surface area contributed by atoms with Crippen molar-refractivity contribution in [2.24, 2.45) is 0 Å². The van der Waals surface area contributed by atoms with Crippen molar-refractivity contribution < 1.29 is 4.92 Å². The number of aryl methyl sites for hydroxylation is 1. The van der Waals surface area contributed by atoms with Gasteiger partial charge < -0.3 is 9.55 Å². The number of nitrogens with zero attached hydrogens (tertiary/aromatic N) is 3. The Kier molecular flexibility index (Phi) is 6.64. The summed E-state index contributed by atoms with van der Waals surface area (Å²) in [6.45, 7) is 4.13. The summed E-state index contributed by atoms with van der Waals surface area (Å²) in [5.74, 6) is 0. The highest BCUT2D eigenvalue weighted by Gasteiger charge is 2.24. The standard InChI is InChI=1S/C20H18N4O2.C7H8/c1-2-19(18-10-21-13-22-18)23-11-17(20(12-23)24(25)26)16-9-5-7-14-6-3-4-8-15(14)16;1-7-5-3-2-4-6-7/h3-13,19H,2H2,1H3,(H,21,22);2-6H,1H3. The lowest BCUT2D eigenvalue weighted by Crippen LogP contribution is -2.07. The number of rotatable bonds is 5. The summed E-state index contributed by atoms with van der Waals surface area (Å²) in [6, 6.07) is 24.1. The minimum atomic E-state index is -0.312. The first-order chi connectivity index (χ1) is 16.1. The van der Waals surface area contributed by atoms with Crippen molar-refractivity contribution in [3.63, 3.8) is 0 Å². The van der Waals surface area contributed by atoms with E-state index in [0.717, 1.165) is 28.5 Å². The topological polar surface area (TPSA) is 76.8 Å². The number of hydrogen-bond donors (Lipinski definition) is 1. The van der Waals surface area contributed by atoms with Gasteiger partial charge in [0.05, 0.1) is 40.9 Å². The van der Waals surface area contributed by atoms with Crippen LogP contribution in [0.15, 0.2) is 97.7 Å². The van der Waals surface area contributed by atoms with E-state index in [9.17, 15) is 10.1 Å². The number of imidazole rings is 1. The Balaban J connectivity index is 0.000000318. The first kappa shape index (κ1) is 22.0. The Morgan fingerprint density at radius 1 is 0.970 bits per heavy atom. The maximum absolute atomic E-state index is 11.7. The monoisotopic (exact) mass is 438 g/mol. The van der Waals surface area contributed by atoms with Crippen molar-refractivity contribution in [1.82, 2.24) is 14.5 Å². The van der Waals surface area contributed by atoms with Crippen molar-refractivity contribution in [2.45, 2.75) is 26.3 Å². The van der Waals surface area contributed by atoms with Gasteiger partial charge in [-0.3, -0.25) is 10.1 Å². The van der Waals surface area contributed by atoms with Gasteiger partial charge >= 0.3 is 0 Å². The second-order valence-corrected chi connectivity index (χ2v) is 7.87. The van der Waals surface area contributed by atoms with E-state index < -0.39 is 0 Å². The Morgan fingerprint density at radius 3 is 2.33 bits per heavy atom. The average Bonchev–Trinajstić information content (AvgIpc) is 3.51. The highest BCUT2D eigenvalue weighted by molar-refractivity contribution is 5.98. The summed E-state index contributed by atoms with van der Waals surface area (Å²) < 4.78 is 1.91. The van der Waals surface area contributed by atoms with E-state index in [1.165, 1.54) is 5.56 Å². The van der Waals surface area contributed by atoms with Gasteiger partial charge in [-0.25, -0.2) is 4.98 Å². The van der Waals surface area contributed by atoms with Gasteiger partial charge in [-0.15, -0.1) is 0 Å². The Hall–Kier alpha value is -4.19. The normalized spacial score (nSPS) is 11.6. The predicted octanol–water partition coefficient (Wildman–Crippen LogP) is 6.93. The highest BCUT2D eigenvalue weighted by Crippen LogP contribution is 2.37. The van der Waals surface area contributed by atoms with Gasteiger partial charge in [0, 0.05) is 6.20 Å². The van der Waals surface area contributed by atoms with Crippen LogP contribution in [0.1, 0.15) is 30.6 Å². The molecule has 2 aromatic heterocycles. The lowest BCUT2D eigenvalue weighted by molar-refractivity contribution is -0.384. The zero-order valence-corrected chi connectivity index (χ0v) is 18.7. The van der Waals surface area contributed by atoms with E-state index in [1.807, 2.05) is 71.4 Å². The molecule has 1 atom stereocenters. The molecule has 0 aliphatic heterocycles. The summed E-state index contributed by atoms with van der Waals surface area (Å²) in [7, 11) is 0. The molecule has 0 bridgehead atoms. The number of fused-ring (bicyclic) bond motifs is 1. The van der Waals surface area contributed by atoms with Crippen molar-refractivity contribution in [1.29, 1.82) is 0 Å². The largest absolute Gasteiger partial charge is 0.347 e. The molecule has 6 heteroatoms. The van der Waals surface area contributed by atoms with Crippen molar-refractivity contribution in [3.05, 3.63) is 119 Å². The van der Waals surface area contributed by atoms with Gasteiger partial charge in [0.15, 0.2) is 0 Å². The molecule has 0 aliphatic carbocycles. The van der Waals surface area contributed by atoms with Crippen LogP contribution in [0.25, 0.3) is 21.9 Å². The minimum absolute atomic E-state index is 0.0278. The van der Waals surface area contributed by atoms with Gasteiger partial charge in [0.25, 0.3) is 5.69 Å². The molecule has 3 aromatic carbocycles. The van der Waals surface area contributed by atoms with Crippen molar-refractivity contribution >= 4 is 16.5 Å². The zero-order valence-electron chi connectivity index (χ0n) is 18.7. The first-order valence-corrected chi connectivity index (χ1v) is 10.9. The number of nitrogens with one attached hydrogen (secondary N) is 1. The summed E-state index contributed by atoms with van der Waals surface area (Å²) >= 11 is 0. The highest BCUT2D eigenvalue weighted by atomic mass is 16.6. The fourth-order valence-corrected chi connectivity index (χ4v) is 4.03. The molecular formula is C27H26N4O2. The van der Waals surface area contributed by atoms with E-state index in [1.54, 1.807) is 18.7 Å². The third-order valence-corrected chi connectivity index (χ3v) is 5.67. The predicted molar refractivity (Wildman–Crippen MR) is 132 cm³/mol. The Labute approximate surface area is 192 Å². The summed E-state index contributed by atoms with van der Waals surface area (Å²) in [5, 5.41) is 13.8. The Bertz CT molecular complexity index is 1340. The average molecular weight is 439 g/mol. The van der Waals surface area contributed by atoms with Gasteiger partial charge in [-0.1, -0.05) is 85.3 Å². The summed E-state index contributed by atoms with van der Waals surface area (Å²) in [5.41, 5.74) is 3.86. The van der Waals surface area contributed by atoms with Crippen LogP contribution in [-0.2, 0) is 0 Å². The Morgan fingerprint density at radius 2 is 1.70 bits per heavy atom. The van der Waals surface area contributed by atoms with E-state index in [2.05, 4.69) is 35.9 Å². The summed E-state index contributed by atoms with van der Waals surface area (Å²) in [4.78, 5) is 18.6. The molecule has 0 amide bonds. The molecule has 6 nitrogen and oxygen atoms in total. The molecule has 0 saturated carbocycles. The molecule has 5 aromatic rings. The van der Waals surface area contributed by atoms with Crippen LogP contribution in [-0.4, -0.2) is 19.5 Å². The smallest absolute Gasteiger partial charge is 0.294 e. The van der Waals surface area contributed by atoms with Gasteiger partial charge in [-0.2, -0.15) is 0 Å². The molecule has 0 fully saturated rings. The third kappa shape index (κ3) is 4.85. The zero-order chi connectivity index (χ0) is 23.2. The third-order valence-electron chi connectivity index (χ3n) is 5.67. The van der Waals surface area contributed by atoms with Crippen LogP contribution in [0.5, 0.6) is 0 Å². The molecule has 2 heterocycles. The van der Waals surface area contributed by atoms with Crippen LogP contribution < -0.4 is 0 Å². The SMILES string of the molecule is CCC(c1cnc[nH]1)n1cc(-c2cccc3ccccc23)c([N+](=O)[O-])c1.Cc1ccccc1. The molecule has 0 aliphatic rings. The molecular weight excluding hydrogens is 412 g/mol. The fraction of sp³-hybridized carbons (Fsp3) is 0.148. The number of nitro groups is 1. The number of hydrogen-bond acceptors (Lipinski definition) is 3. The first-order valence-electron chi connectivity index (χ1n) is 10.9. The van der Waals surface area contributed by atoms with E-state index >= 15 is 0 Å². The molecule has 166 valence electrons. The minimum Gasteiger partial charge on any atom is -0.347 e. The van der Waals surface area contributed by atoms with E-state index in [0.29, 0.717) is 5.56 Å². The van der Waals surface area contributed by atoms with Crippen LogP contribution in [0.2, 0.25) is 0 Å². The van der Waals surface area contributed by atoms with E-state index in [-0.39, 0.29) is 16.7 Å². The number of H-pyrrole nitrogens is 1. The lowest BCUT2D eigenvalue weighted by Gasteiger charge is -2.14. The number of aromatic amines is 1. The van der Waals surface area contributed by atoms with Crippen molar-refractivity contribution in [3.8, 4) is 11.1 Å². The van der Waals surface area contributed by atoms with Gasteiger partial charge in [-0.05, 0) is 29.7 Å². The van der Waals surface area contributed by atoms with Crippen LogP contribution in [0.3, 0.4) is 0 Å². The van der Waals surface area contributed by atoms with Crippen LogP contribution in [0, 0.1) is 17.0 Å². The second-order valence-electron chi connectivity index (χ2n) is 7.87. The second kappa shape index (κ2) is 9.96. The molecule has 5 rings (SSSR count). The number of aromatic nitrogens is 3. The fourth-order valence-electron chi connectivity index (χ4n) is 4.03. The molecule has 1 N–H and O–H groups in total. The quantitative estimate of drug-likeness (QED) is 0.239. The molecule has 33 heavy (non-hydrogen) atoms. The summed E-state index contributed by atoms with van der Waals surface area (Å²) in [6.07, 6.45) is 7.67. The molecule has 0 radical (unpaired) electrons. The van der Waals surface area contributed by atoms with Crippen LogP contribution in [0.4, 0.5) is 5.69 Å². The van der Waals surface area contributed by atoms with Gasteiger partial charge in [0.2, 0.25) is 0 Å². The maximum Gasteiger partial charge on any atom is 0.294 e. The van der Waals surface area contributed by atoms with Crippen LogP contribution >= 0.6 is 0 Å². The van der Waals surface area contributed by atoms with Gasteiger partial charge in [0.1, 0.15) is 0 Å². The van der Waals surface area contributed by atoms with E-state index in [4.69, 9.17) is 0 Å². The van der Waals surface area contributed by atoms with Crippen molar-refractivity contribution in [2.75, 3.05) is 0 Å². The molecule has 0 spiro atoms. The molecule has 1 unspecified atom stereocenters. The maximum atomic E-state index is 11.7. The molecule has 0 saturated heterocycles.